The van der Waals surface area contributed by atoms with Crippen molar-refractivity contribution in [3.63, 3.8) is 0 Å². The van der Waals surface area contributed by atoms with Gasteiger partial charge in [0.1, 0.15) is 5.52 Å². The highest BCUT2D eigenvalue weighted by atomic mass is 16.3. The lowest BCUT2D eigenvalue weighted by atomic mass is 10.2. The highest BCUT2D eigenvalue weighted by Crippen LogP contribution is 2.20. The molecule has 1 heterocycles. The number of rotatable bonds is 3. The van der Waals surface area contributed by atoms with Gasteiger partial charge < -0.3 is 15.1 Å². The van der Waals surface area contributed by atoms with E-state index >= 15 is 0 Å². The lowest BCUT2D eigenvalue weighted by Crippen LogP contribution is -2.16. The van der Waals surface area contributed by atoms with Gasteiger partial charge in [-0.05, 0) is 42.0 Å². The quantitative estimate of drug-likeness (QED) is 0.739. The lowest BCUT2D eigenvalue weighted by molar-refractivity contribution is 0.561. The van der Waals surface area contributed by atoms with Crippen molar-refractivity contribution in [3.05, 3.63) is 53.9 Å². The van der Waals surface area contributed by atoms with Crippen LogP contribution in [0.5, 0.6) is 0 Å². The maximum Gasteiger partial charge on any atom is 0.192 e. The Kier molecular flexibility index (Phi) is 3.06. The summed E-state index contributed by atoms with van der Waals surface area (Å²) in [5.41, 5.74) is 10.6. The van der Waals surface area contributed by atoms with Crippen LogP contribution >= 0.6 is 0 Å². The maximum absolute atomic E-state index is 5.71. The van der Waals surface area contributed by atoms with Gasteiger partial charge in [-0.1, -0.05) is 6.07 Å². The highest BCUT2D eigenvalue weighted by Gasteiger charge is 2.06. The van der Waals surface area contributed by atoms with Crippen LogP contribution < -0.4 is 10.6 Å². The molecule has 0 saturated heterocycles. The van der Waals surface area contributed by atoms with Gasteiger partial charge in [0.15, 0.2) is 11.5 Å². The second-order valence-electron chi connectivity index (χ2n) is 4.98. The minimum Gasteiger partial charge on any atom is -0.441 e. The highest BCUT2D eigenvalue weighted by molar-refractivity contribution is 5.73. The number of anilines is 2. The zero-order chi connectivity index (χ0) is 14.1. The summed E-state index contributed by atoms with van der Waals surface area (Å²) < 4.78 is 5.49. The van der Waals surface area contributed by atoms with E-state index in [1.54, 1.807) is 0 Å². The van der Waals surface area contributed by atoms with Gasteiger partial charge in [-0.25, -0.2) is 4.98 Å². The van der Waals surface area contributed by atoms with Crippen molar-refractivity contribution in [1.29, 1.82) is 0 Å². The molecule has 20 heavy (non-hydrogen) atoms. The van der Waals surface area contributed by atoms with Gasteiger partial charge >= 0.3 is 0 Å². The van der Waals surface area contributed by atoms with Crippen molar-refractivity contribution in [2.24, 2.45) is 0 Å². The normalized spacial score (nSPS) is 10.9. The van der Waals surface area contributed by atoms with Gasteiger partial charge in [0, 0.05) is 31.9 Å². The fourth-order valence-corrected chi connectivity index (χ4v) is 2.28. The second-order valence-corrected chi connectivity index (χ2v) is 4.98. The molecule has 2 N–H and O–H groups in total. The topological polar surface area (TPSA) is 55.3 Å². The number of fused-ring (bicyclic) bond motifs is 1. The molecule has 0 atom stereocenters. The third-order valence-electron chi connectivity index (χ3n) is 3.31. The first kappa shape index (κ1) is 12.5. The van der Waals surface area contributed by atoms with Gasteiger partial charge in [0.05, 0.1) is 0 Å². The predicted molar refractivity (Wildman–Crippen MR) is 81.7 cm³/mol. The minimum absolute atomic E-state index is 0.698. The molecule has 0 fully saturated rings. The van der Waals surface area contributed by atoms with Gasteiger partial charge in [0.25, 0.3) is 0 Å². The second kappa shape index (κ2) is 4.89. The summed E-state index contributed by atoms with van der Waals surface area (Å²) in [6.45, 7) is 2.67. The number of nitrogens with two attached hydrogens (primary N) is 1. The molecule has 4 nitrogen and oxygen atoms in total. The molecule has 0 unspecified atom stereocenters. The number of nitrogens with zero attached hydrogens (tertiary/aromatic N) is 2. The fourth-order valence-electron chi connectivity index (χ4n) is 2.28. The van der Waals surface area contributed by atoms with E-state index in [1.165, 1.54) is 5.56 Å². The van der Waals surface area contributed by atoms with Gasteiger partial charge in [-0.15, -0.1) is 0 Å². The number of oxazole rings is 1. The summed E-state index contributed by atoms with van der Waals surface area (Å²) in [5, 5.41) is 0. The van der Waals surface area contributed by atoms with E-state index in [-0.39, 0.29) is 0 Å². The standard InChI is InChI=1S/C16H17N3O/c1-11-18-15-9-12(3-8-16(15)20-11)10-19(2)14-6-4-13(17)5-7-14/h3-9H,10,17H2,1-2H3. The SMILES string of the molecule is Cc1nc2cc(CN(C)c3ccc(N)cc3)ccc2o1. The van der Waals surface area contributed by atoms with Crippen molar-refractivity contribution in [2.75, 3.05) is 17.7 Å². The van der Waals surface area contributed by atoms with Crippen molar-refractivity contribution >= 4 is 22.5 Å². The molecule has 0 radical (unpaired) electrons. The Balaban J connectivity index is 1.82. The van der Waals surface area contributed by atoms with Gasteiger partial charge in [-0.3, -0.25) is 0 Å². The largest absolute Gasteiger partial charge is 0.441 e. The van der Waals surface area contributed by atoms with Crippen LogP contribution in [0.3, 0.4) is 0 Å². The molecule has 0 saturated carbocycles. The van der Waals surface area contributed by atoms with E-state index in [0.29, 0.717) is 5.89 Å². The molecule has 0 aliphatic carbocycles. The lowest BCUT2D eigenvalue weighted by Gasteiger charge is -2.19. The molecule has 0 aliphatic heterocycles. The van der Waals surface area contributed by atoms with Crippen molar-refractivity contribution in [1.82, 2.24) is 4.98 Å². The first-order valence-electron chi connectivity index (χ1n) is 6.54. The summed E-state index contributed by atoms with van der Waals surface area (Å²) in [7, 11) is 2.06. The maximum atomic E-state index is 5.71. The predicted octanol–water partition coefficient (Wildman–Crippen LogP) is 3.35. The van der Waals surface area contributed by atoms with E-state index in [2.05, 4.69) is 29.1 Å². The Bertz CT molecular complexity index is 731. The summed E-state index contributed by atoms with van der Waals surface area (Å²) in [6.07, 6.45) is 0. The van der Waals surface area contributed by atoms with E-state index in [1.807, 2.05) is 37.3 Å². The summed E-state index contributed by atoms with van der Waals surface area (Å²) in [5.74, 6) is 0.698. The molecular formula is C16H17N3O. The smallest absolute Gasteiger partial charge is 0.192 e. The molecule has 0 amide bonds. The molecule has 102 valence electrons. The number of aromatic nitrogens is 1. The Morgan fingerprint density at radius 1 is 1.15 bits per heavy atom. The third kappa shape index (κ3) is 2.45. The third-order valence-corrected chi connectivity index (χ3v) is 3.31. The summed E-state index contributed by atoms with van der Waals surface area (Å²) >= 11 is 0. The summed E-state index contributed by atoms with van der Waals surface area (Å²) in [4.78, 5) is 6.54. The Morgan fingerprint density at radius 2 is 1.90 bits per heavy atom. The fraction of sp³-hybridized carbons (Fsp3) is 0.188. The number of hydrogen-bond donors (Lipinski definition) is 1. The molecule has 3 aromatic rings. The van der Waals surface area contributed by atoms with Crippen molar-refractivity contribution in [2.45, 2.75) is 13.5 Å². The van der Waals surface area contributed by atoms with E-state index in [0.717, 1.165) is 29.0 Å². The van der Waals surface area contributed by atoms with Crippen LogP contribution in [0.4, 0.5) is 11.4 Å². The Morgan fingerprint density at radius 3 is 2.65 bits per heavy atom. The molecular weight excluding hydrogens is 250 g/mol. The van der Waals surface area contributed by atoms with Crippen LogP contribution in [-0.4, -0.2) is 12.0 Å². The van der Waals surface area contributed by atoms with Gasteiger partial charge in [0.2, 0.25) is 0 Å². The molecule has 3 rings (SSSR count). The monoisotopic (exact) mass is 267 g/mol. The average molecular weight is 267 g/mol. The Labute approximate surface area is 117 Å². The van der Waals surface area contributed by atoms with Crippen LogP contribution in [0, 0.1) is 6.92 Å². The number of aryl methyl sites for hydroxylation is 1. The van der Waals surface area contributed by atoms with Crippen LogP contribution in [-0.2, 0) is 6.54 Å². The first-order valence-corrected chi connectivity index (χ1v) is 6.54. The minimum atomic E-state index is 0.698. The van der Waals surface area contributed by atoms with E-state index in [9.17, 15) is 0 Å². The van der Waals surface area contributed by atoms with Crippen LogP contribution in [0.25, 0.3) is 11.1 Å². The van der Waals surface area contributed by atoms with E-state index in [4.69, 9.17) is 10.2 Å². The van der Waals surface area contributed by atoms with Crippen LogP contribution in [0.1, 0.15) is 11.5 Å². The van der Waals surface area contributed by atoms with Crippen molar-refractivity contribution < 1.29 is 4.42 Å². The van der Waals surface area contributed by atoms with Crippen LogP contribution in [0.2, 0.25) is 0 Å². The molecule has 0 spiro atoms. The van der Waals surface area contributed by atoms with Crippen LogP contribution in [0.15, 0.2) is 46.9 Å². The molecule has 1 aromatic heterocycles. The first-order chi connectivity index (χ1) is 9.61. The molecule has 2 aromatic carbocycles. The summed E-state index contributed by atoms with van der Waals surface area (Å²) in [6, 6.07) is 14.0. The average Bonchev–Trinajstić information content (AvgIpc) is 2.78. The molecule has 0 aliphatic rings. The van der Waals surface area contributed by atoms with E-state index < -0.39 is 0 Å². The molecule has 4 heteroatoms. The Hall–Kier alpha value is -2.49. The molecule has 0 bridgehead atoms. The number of hydrogen-bond acceptors (Lipinski definition) is 4. The number of nitrogen functional groups attached to an aromatic ring is 1. The zero-order valence-corrected chi connectivity index (χ0v) is 11.6. The van der Waals surface area contributed by atoms with Gasteiger partial charge in [-0.2, -0.15) is 0 Å². The zero-order valence-electron chi connectivity index (χ0n) is 11.6. The number of benzene rings is 2. The van der Waals surface area contributed by atoms with Crippen molar-refractivity contribution in [3.8, 4) is 0 Å².